The van der Waals surface area contributed by atoms with Crippen LogP contribution in [-0.4, -0.2) is 0 Å². The summed E-state index contributed by atoms with van der Waals surface area (Å²) in [7, 11) is 0. The van der Waals surface area contributed by atoms with Crippen LogP contribution in [0.25, 0.3) is 0 Å². The molecule has 0 radical (unpaired) electrons. The maximum atomic E-state index is 5.91. The minimum atomic E-state index is 0.519. The van der Waals surface area contributed by atoms with Gasteiger partial charge in [0.05, 0.1) is 13.2 Å². The third kappa shape index (κ3) is 3.83. The molecule has 0 atom stereocenters. The highest BCUT2D eigenvalue weighted by Crippen LogP contribution is 2.20. The minimum absolute atomic E-state index is 0.519. The fraction of sp³-hybridized carbons (Fsp3) is 0.143. The van der Waals surface area contributed by atoms with Gasteiger partial charge in [-0.3, -0.25) is 0 Å². The van der Waals surface area contributed by atoms with Gasteiger partial charge >= 0.3 is 0 Å². The van der Waals surface area contributed by atoms with E-state index >= 15 is 0 Å². The summed E-state index contributed by atoms with van der Waals surface area (Å²) in [4.78, 5) is 0. The van der Waals surface area contributed by atoms with Crippen LogP contribution in [0, 0.1) is 0 Å². The van der Waals surface area contributed by atoms with E-state index in [1.165, 1.54) is 0 Å². The monoisotopic (exact) mass is 369 g/mol. The zero-order chi connectivity index (χ0) is 13.0. The van der Waals surface area contributed by atoms with Crippen molar-refractivity contribution >= 4 is 37.5 Å². The summed E-state index contributed by atoms with van der Waals surface area (Å²) in [5.74, 6) is 0. The van der Waals surface area contributed by atoms with Gasteiger partial charge in [0.15, 0.2) is 0 Å². The maximum absolute atomic E-state index is 5.91. The highest BCUT2D eigenvalue weighted by atomic mass is 79.9. The molecule has 2 N–H and O–H groups in total. The van der Waals surface area contributed by atoms with Gasteiger partial charge < -0.3 is 10.5 Å². The number of anilines is 1. The highest BCUT2D eigenvalue weighted by molar-refractivity contribution is 9.10. The summed E-state index contributed by atoms with van der Waals surface area (Å²) in [6.45, 7) is 1.10. The van der Waals surface area contributed by atoms with Gasteiger partial charge in [-0.2, -0.15) is 0 Å². The molecule has 94 valence electrons. The molecule has 2 nitrogen and oxygen atoms in total. The number of rotatable bonds is 4. The zero-order valence-electron chi connectivity index (χ0n) is 9.70. The van der Waals surface area contributed by atoms with Crippen LogP contribution in [0.2, 0.25) is 0 Å². The highest BCUT2D eigenvalue weighted by Gasteiger charge is 2.01. The van der Waals surface area contributed by atoms with Crippen molar-refractivity contribution in [1.82, 2.24) is 0 Å². The van der Waals surface area contributed by atoms with E-state index in [0.717, 1.165) is 25.8 Å². The molecule has 18 heavy (non-hydrogen) atoms. The van der Waals surface area contributed by atoms with Crippen LogP contribution in [0.1, 0.15) is 11.1 Å². The van der Waals surface area contributed by atoms with E-state index in [1.54, 1.807) is 0 Å². The smallest absolute Gasteiger partial charge is 0.0741 e. The molecule has 0 saturated carbocycles. The Morgan fingerprint density at radius 1 is 0.944 bits per heavy atom. The van der Waals surface area contributed by atoms with Crippen molar-refractivity contribution in [3.63, 3.8) is 0 Å². The van der Waals surface area contributed by atoms with Gasteiger partial charge in [-0.25, -0.2) is 0 Å². The largest absolute Gasteiger partial charge is 0.398 e. The van der Waals surface area contributed by atoms with E-state index in [0.29, 0.717) is 13.2 Å². The molecule has 4 heteroatoms. The lowest BCUT2D eigenvalue weighted by Crippen LogP contribution is -1.98. The lowest BCUT2D eigenvalue weighted by Gasteiger charge is -2.08. The Morgan fingerprint density at radius 2 is 1.72 bits per heavy atom. The fourth-order valence-corrected chi connectivity index (χ4v) is 2.43. The Balaban J connectivity index is 1.92. The van der Waals surface area contributed by atoms with Gasteiger partial charge in [-0.05, 0) is 29.8 Å². The van der Waals surface area contributed by atoms with Crippen molar-refractivity contribution in [3.05, 3.63) is 62.5 Å². The second kappa shape index (κ2) is 6.36. The number of hydrogen-bond donors (Lipinski definition) is 1. The van der Waals surface area contributed by atoms with Crippen LogP contribution in [0.4, 0.5) is 5.69 Å². The molecule has 0 heterocycles. The van der Waals surface area contributed by atoms with Gasteiger partial charge in [0, 0.05) is 20.2 Å². The fourth-order valence-electron chi connectivity index (χ4n) is 1.60. The summed E-state index contributed by atoms with van der Waals surface area (Å²) in [6.07, 6.45) is 0. The van der Waals surface area contributed by atoms with E-state index in [4.69, 9.17) is 10.5 Å². The number of nitrogen functional groups attached to an aromatic ring is 1. The molecule has 0 fully saturated rings. The van der Waals surface area contributed by atoms with Crippen molar-refractivity contribution in [2.45, 2.75) is 13.2 Å². The van der Waals surface area contributed by atoms with Crippen LogP contribution in [0.3, 0.4) is 0 Å². The van der Waals surface area contributed by atoms with Gasteiger partial charge in [-0.1, -0.05) is 50.1 Å². The Hall–Kier alpha value is -0.840. The summed E-state index contributed by atoms with van der Waals surface area (Å²) >= 11 is 6.82. The quantitative estimate of drug-likeness (QED) is 0.803. The Morgan fingerprint density at radius 3 is 2.44 bits per heavy atom. The minimum Gasteiger partial charge on any atom is -0.398 e. The SMILES string of the molecule is Nc1cc(Br)ccc1COCc1cccc(Br)c1. The molecule has 0 aliphatic rings. The van der Waals surface area contributed by atoms with E-state index in [2.05, 4.69) is 31.9 Å². The van der Waals surface area contributed by atoms with Crippen molar-refractivity contribution in [1.29, 1.82) is 0 Å². The number of hydrogen-bond acceptors (Lipinski definition) is 2. The first-order chi connectivity index (χ1) is 8.65. The molecule has 0 unspecified atom stereocenters. The van der Waals surface area contributed by atoms with Crippen molar-refractivity contribution in [2.75, 3.05) is 5.73 Å². The van der Waals surface area contributed by atoms with E-state index < -0.39 is 0 Å². The standard InChI is InChI=1S/C14H13Br2NO/c15-12-3-1-2-10(6-12)8-18-9-11-4-5-13(16)7-14(11)17/h1-7H,8-9,17H2. The van der Waals surface area contributed by atoms with Crippen LogP contribution >= 0.6 is 31.9 Å². The third-order valence-electron chi connectivity index (χ3n) is 2.52. The molecule has 0 amide bonds. The lowest BCUT2D eigenvalue weighted by atomic mass is 10.2. The van der Waals surface area contributed by atoms with E-state index in [9.17, 15) is 0 Å². The molecule has 0 spiro atoms. The van der Waals surface area contributed by atoms with Crippen molar-refractivity contribution in [2.24, 2.45) is 0 Å². The number of nitrogens with two attached hydrogens (primary N) is 1. The molecule has 2 aromatic carbocycles. The predicted octanol–water partition coefficient (Wildman–Crippen LogP) is 4.51. The first-order valence-corrected chi connectivity index (χ1v) is 7.10. The van der Waals surface area contributed by atoms with Crippen LogP contribution in [0.15, 0.2) is 51.4 Å². The van der Waals surface area contributed by atoms with Gasteiger partial charge in [-0.15, -0.1) is 0 Å². The molecule has 2 aromatic rings. The van der Waals surface area contributed by atoms with Crippen LogP contribution < -0.4 is 5.73 Å². The third-order valence-corrected chi connectivity index (χ3v) is 3.51. The van der Waals surface area contributed by atoms with Gasteiger partial charge in [0.1, 0.15) is 0 Å². The Labute approximate surface area is 123 Å². The second-order valence-electron chi connectivity index (χ2n) is 3.97. The van der Waals surface area contributed by atoms with Crippen LogP contribution in [0.5, 0.6) is 0 Å². The first kappa shape index (κ1) is 13.6. The number of ether oxygens (including phenoxy) is 1. The summed E-state index contributed by atoms with van der Waals surface area (Å²) < 4.78 is 7.71. The molecular weight excluding hydrogens is 358 g/mol. The average Bonchev–Trinajstić information content (AvgIpc) is 2.32. The summed E-state index contributed by atoms with van der Waals surface area (Å²) in [5, 5.41) is 0. The molecule has 2 rings (SSSR count). The van der Waals surface area contributed by atoms with Crippen LogP contribution in [-0.2, 0) is 18.0 Å². The first-order valence-electron chi connectivity index (χ1n) is 5.51. The van der Waals surface area contributed by atoms with E-state index in [1.807, 2.05) is 42.5 Å². The molecule has 0 bridgehead atoms. The Bertz CT molecular complexity index is 543. The summed E-state index contributed by atoms with van der Waals surface area (Å²) in [6, 6.07) is 13.9. The molecule has 0 aliphatic carbocycles. The zero-order valence-corrected chi connectivity index (χ0v) is 12.9. The Kier molecular flexibility index (Phi) is 4.80. The molecule has 0 aliphatic heterocycles. The van der Waals surface area contributed by atoms with Crippen molar-refractivity contribution < 1.29 is 4.74 Å². The van der Waals surface area contributed by atoms with E-state index in [-0.39, 0.29) is 0 Å². The molecular formula is C14H13Br2NO. The number of halogens is 2. The number of benzene rings is 2. The maximum Gasteiger partial charge on any atom is 0.0741 e. The lowest BCUT2D eigenvalue weighted by molar-refractivity contribution is 0.107. The topological polar surface area (TPSA) is 35.2 Å². The van der Waals surface area contributed by atoms with Gasteiger partial charge in [0.25, 0.3) is 0 Å². The van der Waals surface area contributed by atoms with Gasteiger partial charge in [0.2, 0.25) is 0 Å². The molecule has 0 saturated heterocycles. The second-order valence-corrected chi connectivity index (χ2v) is 5.80. The normalized spacial score (nSPS) is 10.6. The molecule has 0 aromatic heterocycles. The predicted molar refractivity (Wildman–Crippen MR) is 81.2 cm³/mol. The van der Waals surface area contributed by atoms with Crippen molar-refractivity contribution in [3.8, 4) is 0 Å². The summed E-state index contributed by atoms with van der Waals surface area (Å²) in [5.41, 5.74) is 8.80. The average molecular weight is 371 g/mol.